The van der Waals surface area contributed by atoms with Crippen molar-refractivity contribution in [1.82, 2.24) is 14.9 Å². The minimum absolute atomic E-state index is 0.0375. The van der Waals surface area contributed by atoms with Gasteiger partial charge < -0.3 is 9.88 Å². The molecule has 20 heavy (non-hydrogen) atoms. The summed E-state index contributed by atoms with van der Waals surface area (Å²) < 4.78 is 1.48. The fraction of sp³-hybridized carbons (Fsp3) is 0.400. The summed E-state index contributed by atoms with van der Waals surface area (Å²) in [7, 11) is 1.66. The zero-order valence-corrected chi connectivity index (χ0v) is 12.4. The van der Waals surface area contributed by atoms with E-state index in [-0.39, 0.29) is 17.3 Å². The van der Waals surface area contributed by atoms with Gasteiger partial charge in [0.25, 0.3) is 11.5 Å². The Balaban J connectivity index is 2.70. The lowest BCUT2D eigenvalue weighted by atomic mass is 10.1. The number of nitrogens with zero attached hydrogens (tertiary/aromatic N) is 2. The molecule has 0 aliphatic carbocycles. The van der Waals surface area contributed by atoms with E-state index in [2.05, 4.69) is 10.3 Å². The lowest BCUT2D eigenvalue weighted by Crippen LogP contribution is -2.37. The smallest absolute Gasteiger partial charge is 0.282 e. The van der Waals surface area contributed by atoms with Crippen LogP contribution in [-0.4, -0.2) is 21.5 Å². The predicted molar refractivity (Wildman–Crippen MR) is 79.1 cm³/mol. The van der Waals surface area contributed by atoms with E-state index in [9.17, 15) is 9.59 Å². The molecule has 0 saturated heterocycles. The number of aromatic nitrogens is 2. The number of hydrogen-bond donors (Lipinski definition) is 1. The van der Waals surface area contributed by atoms with Crippen LogP contribution in [-0.2, 0) is 7.05 Å². The molecule has 0 fully saturated rings. The average molecular weight is 273 g/mol. The maximum absolute atomic E-state index is 12.2. The minimum atomic E-state index is -0.430. The summed E-state index contributed by atoms with van der Waals surface area (Å²) in [6.45, 7) is 7.65. The second kappa shape index (κ2) is 5.07. The Kier molecular flexibility index (Phi) is 3.61. The fourth-order valence-corrected chi connectivity index (χ4v) is 2.06. The summed E-state index contributed by atoms with van der Waals surface area (Å²) in [6.07, 6.45) is 0. The van der Waals surface area contributed by atoms with E-state index in [0.29, 0.717) is 5.52 Å². The first-order chi connectivity index (χ1) is 9.31. The first-order valence-corrected chi connectivity index (χ1v) is 6.60. The molecular formula is C15H19N3O2. The molecule has 1 N–H and O–H groups in total. The second-order valence-corrected chi connectivity index (χ2v) is 5.38. The van der Waals surface area contributed by atoms with Crippen LogP contribution in [0.2, 0.25) is 0 Å². The summed E-state index contributed by atoms with van der Waals surface area (Å²) in [5.74, 6) is -0.430. The van der Waals surface area contributed by atoms with Crippen LogP contribution in [0.4, 0.5) is 0 Å². The highest BCUT2D eigenvalue weighted by Crippen LogP contribution is 2.16. The van der Waals surface area contributed by atoms with E-state index in [1.165, 1.54) is 4.57 Å². The highest BCUT2D eigenvalue weighted by atomic mass is 16.2. The van der Waals surface area contributed by atoms with Crippen LogP contribution < -0.4 is 10.9 Å². The van der Waals surface area contributed by atoms with Gasteiger partial charge in [-0.05, 0) is 51.0 Å². The number of hydrogen-bond acceptors (Lipinski definition) is 3. The summed E-state index contributed by atoms with van der Waals surface area (Å²) >= 11 is 0. The Hall–Kier alpha value is -2.17. The van der Waals surface area contributed by atoms with E-state index in [1.54, 1.807) is 7.05 Å². The third kappa shape index (κ3) is 2.43. The third-order valence-electron chi connectivity index (χ3n) is 3.33. The minimum Gasteiger partial charge on any atom is -0.348 e. The van der Waals surface area contributed by atoms with Crippen LogP contribution >= 0.6 is 0 Å². The first kappa shape index (κ1) is 14.2. The normalized spacial score (nSPS) is 11.1. The van der Waals surface area contributed by atoms with Gasteiger partial charge in [-0.2, -0.15) is 0 Å². The lowest BCUT2D eigenvalue weighted by Gasteiger charge is -2.11. The molecule has 0 spiro atoms. The van der Waals surface area contributed by atoms with Crippen LogP contribution in [0.5, 0.6) is 0 Å². The number of benzene rings is 1. The molecule has 0 atom stereocenters. The number of carbonyl (C=O) groups excluding carboxylic acids is 1. The van der Waals surface area contributed by atoms with Crippen molar-refractivity contribution in [2.75, 3.05) is 0 Å². The molecule has 0 aliphatic heterocycles. The van der Waals surface area contributed by atoms with Gasteiger partial charge in [-0.15, -0.1) is 0 Å². The maximum atomic E-state index is 12.2. The number of rotatable bonds is 2. The molecular weight excluding hydrogens is 254 g/mol. The van der Waals surface area contributed by atoms with Gasteiger partial charge in [-0.1, -0.05) is 0 Å². The molecule has 0 unspecified atom stereocenters. The molecule has 0 bridgehead atoms. The summed E-state index contributed by atoms with van der Waals surface area (Å²) in [5, 5.41) is 2.70. The molecule has 1 heterocycles. The van der Waals surface area contributed by atoms with Crippen molar-refractivity contribution in [3.05, 3.63) is 39.3 Å². The number of nitrogens with one attached hydrogen (secondary N) is 1. The predicted octanol–water partition coefficient (Wildman–Crippen LogP) is 1.69. The number of amides is 1. The molecule has 0 radical (unpaired) electrons. The van der Waals surface area contributed by atoms with Gasteiger partial charge in [0.05, 0.1) is 11.0 Å². The van der Waals surface area contributed by atoms with Gasteiger partial charge in [-0.25, -0.2) is 4.98 Å². The number of aryl methyl sites for hydroxylation is 3. The molecule has 1 amide bonds. The topological polar surface area (TPSA) is 64.0 Å². The van der Waals surface area contributed by atoms with Gasteiger partial charge in [0.15, 0.2) is 5.69 Å². The Morgan fingerprint density at radius 1 is 1.25 bits per heavy atom. The van der Waals surface area contributed by atoms with Crippen molar-refractivity contribution < 1.29 is 4.79 Å². The molecule has 0 saturated carbocycles. The molecule has 106 valence electrons. The largest absolute Gasteiger partial charge is 0.348 e. The Labute approximate surface area is 117 Å². The highest BCUT2D eigenvalue weighted by molar-refractivity contribution is 5.94. The van der Waals surface area contributed by atoms with Crippen LogP contribution in [0.3, 0.4) is 0 Å². The van der Waals surface area contributed by atoms with E-state index in [1.807, 2.05) is 39.8 Å². The quantitative estimate of drug-likeness (QED) is 0.905. The van der Waals surface area contributed by atoms with Gasteiger partial charge in [0.1, 0.15) is 0 Å². The van der Waals surface area contributed by atoms with Crippen molar-refractivity contribution >= 4 is 16.9 Å². The molecule has 5 heteroatoms. The number of carbonyl (C=O) groups is 1. The van der Waals surface area contributed by atoms with E-state index < -0.39 is 5.91 Å². The molecule has 1 aromatic carbocycles. The SMILES string of the molecule is Cc1cc2nc(C(=O)NC(C)C)c(=O)n(C)c2cc1C. The van der Waals surface area contributed by atoms with Crippen molar-refractivity contribution in [3.63, 3.8) is 0 Å². The molecule has 2 rings (SSSR count). The van der Waals surface area contributed by atoms with Crippen LogP contribution in [0.1, 0.15) is 35.5 Å². The average Bonchev–Trinajstić information content (AvgIpc) is 2.35. The maximum Gasteiger partial charge on any atom is 0.282 e. The Bertz CT molecular complexity index is 745. The van der Waals surface area contributed by atoms with Gasteiger partial charge >= 0.3 is 0 Å². The summed E-state index contributed by atoms with van der Waals surface area (Å²) in [4.78, 5) is 28.5. The zero-order chi connectivity index (χ0) is 15.0. The molecule has 1 aromatic heterocycles. The fourth-order valence-electron chi connectivity index (χ4n) is 2.06. The van der Waals surface area contributed by atoms with Crippen molar-refractivity contribution in [3.8, 4) is 0 Å². The van der Waals surface area contributed by atoms with E-state index in [4.69, 9.17) is 0 Å². The van der Waals surface area contributed by atoms with Gasteiger partial charge in [0.2, 0.25) is 0 Å². The standard InChI is InChI=1S/C15H19N3O2/c1-8(2)16-14(19)13-15(20)18(5)12-7-10(4)9(3)6-11(12)17-13/h6-8H,1-5H3,(H,16,19). The van der Waals surface area contributed by atoms with Crippen molar-refractivity contribution in [2.45, 2.75) is 33.7 Å². The Morgan fingerprint density at radius 3 is 2.45 bits per heavy atom. The molecule has 5 nitrogen and oxygen atoms in total. The first-order valence-electron chi connectivity index (χ1n) is 6.60. The van der Waals surface area contributed by atoms with Gasteiger partial charge in [-0.3, -0.25) is 9.59 Å². The second-order valence-electron chi connectivity index (χ2n) is 5.38. The van der Waals surface area contributed by atoms with Crippen molar-refractivity contribution in [2.24, 2.45) is 7.05 Å². The Morgan fingerprint density at radius 2 is 1.85 bits per heavy atom. The van der Waals surface area contributed by atoms with Gasteiger partial charge in [0, 0.05) is 13.1 Å². The summed E-state index contributed by atoms with van der Waals surface area (Å²) in [5.41, 5.74) is 3.13. The van der Waals surface area contributed by atoms with E-state index >= 15 is 0 Å². The lowest BCUT2D eigenvalue weighted by molar-refractivity contribution is 0.0936. The highest BCUT2D eigenvalue weighted by Gasteiger charge is 2.17. The molecule has 0 aliphatic rings. The zero-order valence-electron chi connectivity index (χ0n) is 12.4. The number of fused-ring (bicyclic) bond motifs is 1. The monoisotopic (exact) mass is 273 g/mol. The third-order valence-corrected chi connectivity index (χ3v) is 3.33. The van der Waals surface area contributed by atoms with Crippen LogP contribution in [0.15, 0.2) is 16.9 Å². The van der Waals surface area contributed by atoms with Crippen LogP contribution in [0.25, 0.3) is 11.0 Å². The van der Waals surface area contributed by atoms with Crippen LogP contribution in [0, 0.1) is 13.8 Å². The molecule has 2 aromatic rings. The van der Waals surface area contributed by atoms with E-state index in [0.717, 1.165) is 16.6 Å². The van der Waals surface area contributed by atoms with Crippen molar-refractivity contribution in [1.29, 1.82) is 0 Å². The summed E-state index contributed by atoms with van der Waals surface area (Å²) in [6, 6.07) is 3.78.